The van der Waals surface area contributed by atoms with Crippen LogP contribution in [0.1, 0.15) is 23.7 Å². The molecular formula is C12H13F3N4. The van der Waals surface area contributed by atoms with E-state index in [9.17, 15) is 13.2 Å². The van der Waals surface area contributed by atoms with Gasteiger partial charge in [0.2, 0.25) is 0 Å². The first-order valence-corrected chi connectivity index (χ1v) is 5.76. The lowest BCUT2D eigenvalue weighted by Gasteiger charge is -2.13. The fourth-order valence-electron chi connectivity index (χ4n) is 1.93. The Balaban J connectivity index is 2.39. The third-order valence-electron chi connectivity index (χ3n) is 2.85. The molecule has 0 atom stereocenters. The van der Waals surface area contributed by atoms with E-state index in [0.717, 1.165) is 6.07 Å². The maximum Gasteiger partial charge on any atom is 0.416 e. The van der Waals surface area contributed by atoms with Gasteiger partial charge in [0.05, 0.1) is 17.8 Å². The molecule has 0 saturated heterocycles. The van der Waals surface area contributed by atoms with Gasteiger partial charge in [-0.25, -0.2) is 4.68 Å². The zero-order chi connectivity index (χ0) is 14.0. The Morgan fingerprint density at radius 2 is 1.95 bits per heavy atom. The number of anilines is 1. The Labute approximate surface area is 108 Å². The summed E-state index contributed by atoms with van der Waals surface area (Å²) in [5.74, 6) is 0.256. The van der Waals surface area contributed by atoms with Crippen LogP contribution in [-0.4, -0.2) is 15.0 Å². The molecule has 0 amide bonds. The lowest BCUT2D eigenvalue weighted by atomic mass is 10.1. The van der Waals surface area contributed by atoms with Crippen molar-refractivity contribution in [1.82, 2.24) is 15.0 Å². The predicted octanol–water partition coefficient (Wildman–Crippen LogP) is 2.49. The third-order valence-corrected chi connectivity index (χ3v) is 2.85. The minimum Gasteiger partial charge on any atom is -0.381 e. The van der Waals surface area contributed by atoms with Gasteiger partial charge < -0.3 is 5.73 Å². The Morgan fingerprint density at radius 3 is 2.58 bits per heavy atom. The number of hydrogen-bond acceptors (Lipinski definition) is 3. The summed E-state index contributed by atoms with van der Waals surface area (Å²) in [6, 6.07) is 5.42. The van der Waals surface area contributed by atoms with Crippen molar-refractivity contribution in [2.24, 2.45) is 0 Å². The highest BCUT2D eigenvalue weighted by atomic mass is 19.4. The molecular weight excluding hydrogens is 257 g/mol. The van der Waals surface area contributed by atoms with E-state index >= 15 is 0 Å². The number of nitrogens with zero attached hydrogens (tertiary/aromatic N) is 3. The summed E-state index contributed by atoms with van der Waals surface area (Å²) in [6.45, 7) is 1.85. The predicted molar refractivity (Wildman–Crippen MR) is 64.4 cm³/mol. The van der Waals surface area contributed by atoms with Crippen molar-refractivity contribution < 1.29 is 13.2 Å². The molecule has 1 heterocycles. The van der Waals surface area contributed by atoms with E-state index in [-0.39, 0.29) is 17.9 Å². The molecule has 1 aromatic heterocycles. The highest BCUT2D eigenvalue weighted by Crippen LogP contribution is 2.32. The van der Waals surface area contributed by atoms with E-state index in [4.69, 9.17) is 5.73 Å². The summed E-state index contributed by atoms with van der Waals surface area (Å²) >= 11 is 0. The molecule has 0 aliphatic carbocycles. The van der Waals surface area contributed by atoms with Crippen LogP contribution in [0.2, 0.25) is 0 Å². The van der Waals surface area contributed by atoms with Crippen LogP contribution in [0.4, 0.5) is 19.0 Å². The first-order valence-electron chi connectivity index (χ1n) is 5.76. The molecule has 0 unspecified atom stereocenters. The van der Waals surface area contributed by atoms with E-state index < -0.39 is 11.7 Å². The molecule has 2 aromatic rings. The third kappa shape index (κ3) is 2.69. The van der Waals surface area contributed by atoms with Crippen LogP contribution in [0.3, 0.4) is 0 Å². The second-order valence-corrected chi connectivity index (χ2v) is 4.09. The highest BCUT2D eigenvalue weighted by Gasteiger charge is 2.33. The Bertz CT molecular complexity index is 575. The fraction of sp³-hybridized carbons (Fsp3) is 0.333. The molecule has 0 aliphatic heterocycles. The Hall–Kier alpha value is -2.05. The molecule has 0 saturated carbocycles. The van der Waals surface area contributed by atoms with Gasteiger partial charge in [-0.1, -0.05) is 30.3 Å². The molecule has 7 heteroatoms. The van der Waals surface area contributed by atoms with Crippen molar-refractivity contribution in [2.75, 3.05) is 5.73 Å². The number of benzene rings is 1. The molecule has 0 aliphatic rings. The van der Waals surface area contributed by atoms with Gasteiger partial charge in [0.15, 0.2) is 5.82 Å². The number of rotatable bonds is 3. The van der Waals surface area contributed by atoms with Gasteiger partial charge in [0.25, 0.3) is 0 Å². The van der Waals surface area contributed by atoms with Crippen LogP contribution in [0, 0.1) is 0 Å². The maximum absolute atomic E-state index is 12.9. The van der Waals surface area contributed by atoms with Crippen LogP contribution >= 0.6 is 0 Å². The van der Waals surface area contributed by atoms with Crippen LogP contribution < -0.4 is 5.73 Å². The van der Waals surface area contributed by atoms with Gasteiger partial charge in [-0.05, 0) is 18.1 Å². The van der Waals surface area contributed by atoms with E-state index in [0.29, 0.717) is 12.1 Å². The molecule has 0 fully saturated rings. The molecule has 2 rings (SSSR count). The summed E-state index contributed by atoms with van der Waals surface area (Å²) < 4.78 is 40.0. The lowest BCUT2D eigenvalue weighted by molar-refractivity contribution is -0.138. The van der Waals surface area contributed by atoms with Crippen molar-refractivity contribution >= 4 is 5.82 Å². The Kier molecular flexibility index (Phi) is 3.46. The van der Waals surface area contributed by atoms with Gasteiger partial charge in [-0.3, -0.25) is 0 Å². The van der Waals surface area contributed by atoms with Crippen molar-refractivity contribution in [1.29, 1.82) is 0 Å². The molecule has 102 valence electrons. The van der Waals surface area contributed by atoms with Gasteiger partial charge in [-0.2, -0.15) is 13.2 Å². The molecule has 2 N–H and O–H groups in total. The molecule has 0 spiro atoms. The smallest absolute Gasteiger partial charge is 0.381 e. The minimum atomic E-state index is -4.38. The number of nitrogens with two attached hydrogens (primary N) is 1. The molecule has 19 heavy (non-hydrogen) atoms. The Morgan fingerprint density at radius 1 is 1.26 bits per heavy atom. The zero-order valence-corrected chi connectivity index (χ0v) is 10.3. The van der Waals surface area contributed by atoms with Crippen molar-refractivity contribution in [3.8, 4) is 0 Å². The summed E-state index contributed by atoms with van der Waals surface area (Å²) in [7, 11) is 0. The normalized spacial score (nSPS) is 11.8. The van der Waals surface area contributed by atoms with Gasteiger partial charge in [0, 0.05) is 0 Å². The van der Waals surface area contributed by atoms with Crippen molar-refractivity contribution in [3.63, 3.8) is 0 Å². The number of halogens is 3. The SMILES string of the molecule is CCc1c(N)nnn1Cc1ccccc1C(F)(F)F. The topological polar surface area (TPSA) is 56.7 Å². The summed E-state index contributed by atoms with van der Waals surface area (Å²) in [5.41, 5.74) is 5.74. The van der Waals surface area contributed by atoms with E-state index in [1.54, 1.807) is 6.07 Å². The van der Waals surface area contributed by atoms with Crippen LogP contribution in [0.5, 0.6) is 0 Å². The molecule has 1 aromatic carbocycles. The van der Waals surface area contributed by atoms with Crippen LogP contribution in [0.25, 0.3) is 0 Å². The first kappa shape index (κ1) is 13.4. The number of nitrogen functional groups attached to an aromatic ring is 1. The van der Waals surface area contributed by atoms with Crippen molar-refractivity contribution in [3.05, 3.63) is 41.1 Å². The average Bonchev–Trinajstić information content (AvgIpc) is 2.69. The van der Waals surface area contributed by atoms with Crippen LogP contribution in [0.15, 0.2) is 24.3 Å². The lowest BCUT2D eigenvalue weighted by Crippen LogP contribution is -2.13. The zero-order valence-electron chi connectivity index (χ0n) is 10.3. The largest absolute Gasteiger partial charge is 0.416 e. The molecule has 0 bridgehead atoms. The second-order valence-electron chi connectivity index (χ2n) is 4.09. The monoisotopic (exact) mass is 270 g/mol. The van der Waals surface area contributed by atoms with Gasteiger partial charge >= 0.3 is 6.18 Å². The highest BCUT2D eigenvalue weighted by molar-refractivity contribution is 5.35. The van der Waals surface area contributed by atoms with E-state index in [1.807, 2.05) is 6.92 Å². The van der Waals surface area contributed by atoms with Gasteiger partial charge in [-0.15, -0.1) is 5.10 Å². The summed E-state index contributed by atoms with van der Waals surface area (Å²) in [5, 5.41) is 7.46. The number of hydrogen-bond donors (Lipinski definition) is 1. The fourth-order valence-corrected chi connectivity index (χ4v) is 1.93. The first-order chi connectivity index (χ1) is 8.93. The maximum atomic E-state index is 12.9. The average molecular weight is 270 g/mol. The number of aromatic nitrogens is 3. The van der Waals surface area contributed by atoms with E-state index in [2.05, 4.69) is 10.3 Å². The van der Waals surface area contributed by atoms with Gasteiger partial charge in [0.1, 0.15) is 0 Å². The quantitative estimate of drug-likeness (QED) is 0.932. The molecule has 4 nitrogen and oxygen atoms in total. The standard InChI is InChI=1S/C12H13F3N4/c1-2-10-11(16)17-18-19(10)7-8-5-3-4-6-9(8)12(13,14)15/h3-6H,2,7,16H2,1H3. The van der Waals surface area contributed by atoms with Crippen LogP contribution in [-0.2, 0) is 19.1 Å². The summed E-state index contributed by atoms with van der Waals surface area (Å²) in [6.07, 6.45) is -3.82. The number of alkyl halides is 3. The van der Waals surface area contributed by atoms with Crippen molar-refractivity contribution in [2.45, 2.75) is 26.1 Å². The second kappa shape index (κ2) is 4.91. The molecule has 0 radical (unpaired) electrons. The minimum absolute atomic E-state index is 0.00303. The summed E-state index contributed by atoms with van der Waals surface area (Å²) in [4.78, 5) is 0. The van der Waals surface area contributed by atoms with E-state index in [1.165, 1.54) is 16.8 Å².